The maximum Gasteiger partial charge on any atom is 0.137 e. The van der Waals surface area contributed by atoms with Crippen molar-refractivity contribution in [2.75, 3.05) is 0 Å². The summed E-state index contributed by atoms with van der Waals surface area (Å²) in [5.41, 5.74) is 8.01. The second-order valence-corrected chi connectivity index (χ2v) is 6.44. The molecule has 0 aliphatic carbocycles. The van der Waals surface area contributed by atoms with Gasteiger partial charge in [0, 0.05) is 8.95 Å². The van der Waals surface area contributed by atoms with E-state index in [9.17, 15) is 4.39 Å². The standard InChI is InChI=1S/C13H9Br3FN/c14-8-2-3-10(15)9(6-8)13(18)7-1-4-12(17)11(16)5-7/h1-6,13H,18H2. The number of nitrogens with two attached hydrogens (primary N) is 1. The molecule has 5 heteroatoms. The molecule has 0 amide bonds. The maximum absolute atomic E-state index is 13.2. The Bertz CT molecular complexity index is 586. The highest BCUT2D eigenvalue weighted by Crippen LogP contribution is 2.31. The molecule has 0 heterocycles. The van der Waals surface area contributed by atoms with Crippen LogP contribution in [-0.4, -0.2) is 0 Å². The van der Waals surface area contributed by atoms with Crippen LogP contribution in [0.5, 0.6) is 0 Å². The molecule has 94 valence electrons. The highest BCUT2D eigenvalue weighted by Gasteiger charge is 2.14. The summed E-state index contributed by atoms with van der Waals surface area (Å²) in [6.07, 6.45) is 0. The van der Waals surface area contributed by atoms with Crippen molar-refractivity contribution >= 4 is 47.8 Å². The van der Waals surface area contributed by atoms with Crippen molar-refractivity contribution < 1.29 is 4.39 Å². The summed E-state index contributed by atoms with van der Waals surface area (Å²) in [6, 6.07) is 10.3. The van der Waals surface area contributed by atoms with E-state index in [4.69, 9.17) is 5.73 Å². The van der Waals surface area contributed by atoms with E-state index < -0.39 is 0 Å². The lowest BCUT2D eigenvalue weighted by molar-refractivity contribution is 0.619. The predicted molar refractivity (Wildman–Crippen MR) is 82.0 cm³/mol. The Kier molecular flexibility index (Phi) is 4.59. The summed E-state index contributed by atoms with van der Waals surface area (Å²) in [7, 11) is 0. The molecular formula is C13H9Br3FN. The average Bonchev–Trinajstić information content (AvgIpc) is 2.35. The van der Waals surface area contributed by atoms with E-state index in [1.54, 1.807) is 12.1 Å². The fourth-order valence-electron chi connectivity index (χ4n) is 1.64. The van der Waals surface area contributed by atoms with Crippen molar-refractivity contribution in [3.8, 4) is 0 Å². The zero-order valence-electron chi connectivity index (χ0n) is 9.13. The van der Waals surface area contributed by atoms with Crippen molar-refractivity contribution in [1.29, 1.82) is 0 Å². The van der Waals surface area contributed by atoms with Crippen LogP contribution >= 0.6 is 47.8 Å². The molecule has 1 nitrogen and oxygen atoms in total. The van der Waals surface area contributed by atoms with Gasteiger partial charge < -0.3 is 5.73 Å². The van der Waals surface area contributed by atoms with Crippen LogP contribution in [0.1, 0.15) is 17.2 Å². The van der Waals surface area contributed by atoms with Gasteiger partial charge in [-0.15, -0.1) is 0 Å². The van der Waals surface area contributed by atoms with E-state index in [-0.39, 0.29) is 11.9 Å². The van der Waals surface area contributed by atoms with Crippen molar-refractivity contribution in [3.63, 3.8) is 0 Å². The van der Waals surface area contributed by atoms with Crippen LogP contribution < -0.4 is 5.73 Å². The van der Waals surface area contributed by atoms with Gasteiger partial charge in [0.2, 0.25) is 0 Å². The molecule has 2 aromatic rings. The van der Waals surface area contributed by atoms with Gasteiger partial charge in [0.15, 0.2) is 0 Å². The first-order valence-electron chi connectivity index (χ1n) is 5.14. The number of hydrogen-bond donors (Lipinski definition) is 1. The fourth-order valence-corrected chi connectivity index (χ4v) is 2.91. The third-order valence-electron chi connectivity index (χ3n) is 2.60. The minimum atomic E-state index is -0.311. The van der Waals surface area contributed by atoms with Crippen LogP contribution in [0.15, 0.2) is 49.8 Å². The minimum Gasteiger partial charge on any atom is -0.320 e. The zero-order valence-corrected chi connectivity index (χ0v) is 13.9. The van der Waals surface area contributed by atoms with E-state index in [1.165, 1.54) is 6.07 Å². The zero-order chi connectivity index (χ0) is 13.3. The molecule has 0 aliphatic heterocycles. The highest BCUT2D eigenvalue weighted by atomic mass is 79.9. The topological polar surface area (TPSA) is 26.0 Å². The van der Waals surface area contributed by atoms with Gasteiger partial charge in [0.1, 0.15) is 5.82 Å². The molecule has 0 fully saturated rings. The molecule has 2 rings (SSSR count). The van der Waals surface area contributed by atoms with Crippen LogP contribution in [0.4, 0.5) is 4.39 Å². The van der Waals surface area contributed by atoms with Crippen molar-refractivity contribution in [2.45, 2.75) is 6.04 Å². The third-order valence-corrected chi connectivity index (χ3v) is 4.42. The first-order valence-corrected chi connectivity index (χ1v) is 7.52. The normalized spacial score (nSPS) is 12.5. The summed E-state index contributed by atoms with van der Waals surface area (Å²) in [6.45, 7) is 0. The van der Waals surface area contributed by atoms with Gasteiger partial charge in [-0.1, -0.05) is 37.9 Å². The van der Waals surface area contributed by atoms with E-state index in [0.29, 0.717) is 4.47 Å². The first kappa shape index (κ1) is 14.2. The van der Waals surface area contributed by atoms with Crippen LogP contribution in [0, 0.1) is 5.82 Å². The number of hydrogen-bond acceptors (Lipinski definition) is 1. The van der Waals surface area contributed by atoms with Gasteiger partial charge in [-0.2, -0.15) is 0 Å². The SMILES string of the molecule is NC(c1ccc(F)c(Br)c1)c1cc(Br)ccc1Br. The molecule has 2 N–H and O–H groups in total. The smallest absolute Gasteiger partial charge is 0.137 e. The van der Waals surface area contributed by atoms with Crippen LogP contribution in [0.3, 0.4) is 0 Å². The first-order chi connectivity index (χ1) is 8.49. The Balaban J connectivity index is 2.44. The Morgan fingerprint density at radius 3 is 2.33 bits per heavy atom. The fraction of sp³-hybridized carbons (Fsp3) is 0.0769. The van der Waals surface area contributed by atoms with Gasteiger partial charge in [0.25, 0.3) is 0 Å². The molecule has 0 spiro atoms. The summed E-state index contributed by atoms with van der Waals surface area (Å²) < 4.78 is 15.5. The Morgan fingerprint density at radius 1 is 0.944 bits per heavy atom. The number of benzene rings is 2. The van der Waals surface area contributed by atoms with E-state index in [0.717, 1.165) is 20.1 Å². The number of halogens is 4. The van der Waals surface area contributed by atoms with Gasteiger partial charge in [0.05, 0.1) is 10.5 Å². The summed E-state index contributed by atoms with van der Waals surface area (Å²) in [4.78, 5) is 0. The monoisotopic (exact) mass is 435 g/mol. The minimum absolute atomic E-state index is 0.292. The van der Waals surface area contributed by atoms with Gasteiger partial charge in [-0.3, -0.25) is 0 Å². The third kappa shape index (κ3) is 3.02. The molecule has 0 saturated heterocycles. The summed E-state index contributed by atoms with van der Waals surface area (Å²) in [5, 5.41) is 0. The van der Waals surface area contributed by atoms with Crippen molar-refractivity contribution in [3.05, 3.63) is 66.8 Å². The second kappa shape index (κ2) is 5.82. The summed E-state index contributed by atoms with van der Waals surface area (Å²) in [5.74, 6) is -0.292. The lowest BCUT2D eigenvalue weighted by Crippen LogP contribution is -2.12. The molecule has 1 atom stereocenters. The Morgan fingerprint density at radius 2 is 1.67 bits per heavy atom. The van der Waals surface area contributed by atoms with E-state index >= 15 is 0 Å². The molecular weight excluding hydrogens is 429 g/mol. The van der Waals surface area contributed by atoms with Crippen LogP contribution in [0.25, 0.3) is 0 Å². The average molecular weight is 438 g/mol. The quantitative estimate of drug-likeness (QED) is 0.689. The lowest BCUT2D eigenvalue weighted by Gasteiger charge is -2.15. The maximum atomic E-state index is 13.2. The molecule has 0 aliphatic rings. The Hall–Kier alpha value is -0.230. The number of rotatable bonds is 2. The largest absolute Gasteiger partial charge is 0.320 e. The molecule has 0 saturated carbocycles. The van der Waals surface area contributed by atoms with E-state index in [2.05, 4.69) is 47.8 Å². The van der Waals surface area contributed by atoms with Crippen molar-refractivity contribution in [2.24, 2.45) is 5.73 Å². The van der Waals surface area contributed by atoms with Gasteiger partial charge in [-0.05, 0) is 57.4 Å². The molecule has 2 aromatic carbocycles. The lowest BCUT2D eigenvalue weighted by atomic mass is 10.00. The summed E-state index contributed by atoms with van der Waals surface area (Å²) >= 11 is 10.1. The Labute approximate surface area is 130 Å². The van der Waals surface area contributed by atoms with Crippen molar-refractivity contribution in [1.82, 2.24) is 0 Å². The highest BCUT2D eigenvalue weighted by molar-refractivity contribution is 9.11. The van der Waals surface area contributed by atoms with Gasteiger partial charge in [-0.25, -0.2) is 4.39 Å². The molecule has 0 bridgehead atoms. The molecule has 1 unspecified atom stereocenters. The van der Waals surface area contributed by atoms with Crippen LogP contribution in [0.2, 0.25) is 0 Å². The predicted octanol–water partition coefficient (Wildman–Crippen LogP) is 5.16. The second-order valence-electron chi connectivity index (χ2n) is 3.82. The van der Waals surface area contributed by atoms with Crippen LogP contribution in [-0.2, 0) is 0 Å². The molecule has 0 aromatic heterocycles. The molecule has 0 radical (unpaired) electrons. The van der Waals surface area contributed by atoms with Gasteiger partial charge >= 0.3 is 0 Å². The van der Waals surface area contributed by atoms with E-state index in [1.807, 2.05) is 18.2 Å². The molecule has 18 heavy (non-hydrogen) atoms.